The third-order valence-electron chi connectivity index (χ3n) is 3.13. The number of aromatic nitrogens is 1. The molecule has 2 heterocycles. The van der Waals surface area contributed by atoms with Crippen LogP contribution in [0, 0.1) is 0 Å². The van der Waals surface area contributed by atoms with E-state index in [1.807, 2.05) is 26.0 Å². The molecule has 2 aromatic rings. The van der Waals surface area contributed by atoms with E-state index in [0.717, 1.165) is 5.76 Å². The normalized spacial score (nSPS) is 11.9. The zero-order valence-corrected chi connectivity index (χ0v) is 11.9. The molecule has 0 aromatic carbocycles. The fraction of sp³-hybridized carbons (Fsp3) is 0.333. The van der Waals surface area contributed by atoms with Crippen molar-refractivity contribution in [3.63, 3.8) is 0 Å². The van der Waals surface area contributed by atoms with Gasteiger partial charge in [-0.25, -0.2) is 4.98 Å². The number of carbonyl (C=O) groups is 1. The lowest BCUT2D eigenvalue weighted by atomic mass is 10.2. The monoisotopic (exact) mass is 274 g/mol. The van der Waals surface area contributed by atoms with Gasteiger partial charge in [-0.2, -0.15) is 0 Å². The summed E-state index contributed by atoms with van der Waals surface area (Å²) in [6.07, 6.45) is 3.13. The predicted molar refractivity (Wildman–Crippen MR) is 74.6 cm³/mol. The second kappa shape index (κ2) is 6.23. The first-order valence-corrected chi connectivity index (χ1v) is 6.53. The number of ether oxygens (including phenoxy) is 1. The highest BCUT2D eigenvalue weighted by molar-refractivity contribution is 5.94. The van der Waals surface area contributed by atoms with Crippen LogP contribution in [0.4, 0.5) is 0 Å². The lowest BCUT2D eigenvalue weighted by Gasteiger charge is -2.23. The summed E-state index contributed by atoms with van der Waals surface area (Å²) in [4.78, 5) is 18.1. The quantitative estimate of drug-likeness (QED) is 0.841. The molecule has 0 saturated heterocycles. The summed E-state index contributed by atoms with van der Waals surface area (Å²) < 4.78 is 10.6. The van der Waals surface area contributed by atoms with E-state index in [4.69, 9.17) is 9.15 Å². The fourth-order valence-corrected chi connectivity index (χ4v) is 1.84. The van der Waals surface area contributed by atoms with Crippen molar-refractivity contribution < 1.29 is 13.9 Å². The van der Waals surface area contributed by atoms with E-state index < -0.39 is 0 Å². The van der Waals surface area contributed by atoms with Gasteiger partial charge < -0.3 is 14.1 Å². The van der Waals surface area contributed by atoms with Crippen LogP contribution in [0.1, 0.15) is 36.0 Å². The summed E-state index contributed by atoms with van der Waals surface area (Å²) >= 11 is 0. The summed E-state index contributed by atoms with van der Waals surface area (Å²) in [5, 5.41) is 0. The van der Waals surface area contributed by atoms with E-state index in [-0.39, 0.29) is 11.9 Å². The molecule has 1 amide bonds. The van der Waals surface area contributed by atoms with Gasteiger partial charge in [0.2, 0.25) is 5.88 Å². The van der Waals surface area contributed by atoms with Crippen LogP contribution < -0.4 is 4.74 Å². The molecule has 1 unspecified atom stereocenters. The van der Waals surface area contributed by atoms with Gasteiger partial charge in [0.1, 0.15) is 5.76 Å². The molecule has 5 nitrogen and oxygen atoms in total. The Kier molecular flexibility index (Phi) is 4.40. The number of hydrogen-bond donors (Lipinski definition) is 0. The summed E-state index contributed by atoms with van der Waals surface area (Å²) in [6.45, 7) is 4.36. The topological polar surface area (TPSA) is 55.6 Å². The van der Waals surface area contributed by atoms with Crippen LogP contribution in [0.3, 0.4) is 0 Å². The highest BCUT2D eigenvalue weighted by Crippen LogP contribution is 2.21. The SMILES string of the molecule is CCOc1ccc(C(=O)N(C)C(C)c2ccco2)cn1. The first-order chi connectivity index (χ1) is 9.63. The first-order valence-electron chi connectivity index (χ1n) is 6.53. The van der Waals surface area contributed by atoms with E-state index in [1.165, 1.54) is 6.20 Å². The Morgan fingerprint density at radius 2 is 2.25 bits per heavy atom. The molecule has 20 heavy (non-hydrogen) atoms. The Labute approximate surface area is 118 Å². The standard InChI is InChI=1S/C15H18N2O3/c1-4-19-14-8-7-12(10-16-14)15(18)17(3)11(2)13-6-5-9-20-13/h5-11H,4H2,1-3H3. The number of hydrogen-bond acceptors (Lipinski definition) is 4. The highest BCUT2D eigenvalue weighted by atomic mass is 16.5. The molecule has 0 spiro atoms. The molecule has 1 atom stereocenters. The van der Waals surface area contributed by atoms with Crippen molar-refractivity contribution in [1.29, 1.82) is 0 Å². The predicted octanol–water partition coefficient (Wildman–Crippen LogP) is 2.91. The Morgan fingerprint density at radius 1 is 1.45 bits per heavy atom. The van der Waals surface area contributed by atoms with Crippen molar-refractivity contribution in [2.45, 2.75) is 19.9 Å². The maximum Gasteiger partial charge on any atom is 0.255 e. The molecule has 0 fully saturated rings. The van der Waals surface area contributed by atoms with Crippen molar-refractivity contribution in [1.82, 2.24) is 9.88 Å². The van der Waals surface area contributed by atoms with Crippen molar-refractivity contribution >= 4 is 5.91 Å². The fourth-order valence-electron chi connectivity index (χ4n) is 1.84. The van der Waals surface area contributed by atoms with Crippen LogP contribution in [0.15, 0.2) is 41.1 Å². The van der Waals surface area contributed by atoms with Crippen LogP contribution in [0.5, 0.6) is 5.88 Å². The van der Waals surface area contributed by atoms with Gasteiger partial charge in [0.15, 0.2) is 0 Å². The van der Waals surface area contributed by atoms with Gasteiger partial charge in [-0.1, -0.05) is 0 Å². The Balaban J connectivity index is 2.10. The number of carbonyl (C=O) groups excluding carboxylic acids is 1. The van der Waals surface area contributed by atoms with E-state index in [1.54, 1.807) is 30.3 Å². The molecule has 0 aliphatic carbocycles. The van der Waals surface area contributed by atoms with Crippen molar-refractivity contribution in [3.05, 3.63) is 48.0 Å². The minimum Gasteiger partial charge on any atom is -0.478 e. The molecule has 0 radical (unpaired) electrons. The molecular weight excluding hydrogens is 256 g/mol. The Hall–Kier alpha value is -2.30. The zero-order chi connectivity index (χ0) is 14.5. The van der Waals surface area contributed by atoms with Gasteiger partial charge >= 0.3 is 0 Å². The van der Waals surface area contributed by atoms with Gasteiger partial charge in [-0.3, -0.25) is 4.79 Å². The minimum atomic E-state index is -0.135. The van der Waals surface area contributed by atoms with Gasteiger partial charge in [0.25, 0.3) is 5.91 Å². The van der Waals surface area contributed by atoms with Crippen molar-refractivity contribution in [3.8, 4) is 5.88 Å². The maximum atomic E-state index is 12.4. The summed E-state index contributed by atoms with van der Waals surface area (Å²) in [5.74, 6) is 1.16. The maximum absolute atomic E-state index is 12.4. The number of furan rings is 1. The van der Waals surface area contributed by atoms with Gasteiger partial charge in [-0.05, 0) is 32.0 Å². The molecule has 2 rings (SSSR count). The molecule has 0 bridgehead atoms. The number of amides is 1. The molecule has 106 valence electrons. The summed E-state index contributed by atoms with van der Waals surface area (Å²) in [5.41, 5.74) is 0.523. The van der Waals surface area contributed by atoms with Crippen LogP contribution in [-0.2, 0) is 0 Å². The van der Waals surface area contributed by atoms with Gasteiger partial charge in [0.05, 0.1) is 24.5 Å². The second-order valence-corrected chi connectivity index (χ2v) is 4.43. The Bertz CT molecular complexity index is 549. The molecular formula is C15H18N2O3. The van der Waals surface area contributed by atoms with Gasteiger partial charge in [-0.15, -0.1) is 0 Å². The molecule has 0 aliphatic rings. The zero-order valence-electron chi connectivity index (χ0n) is 11.9. The van der Waals surface area contributed by atoms with Crippen molar-refractivity contribution in [2.24, 2.45) is 0 Å². The second-order valence-electron chi connectivity index (χ2n) is 4.43. The molecule has 5 heteroatoms. The molecule has 0 N–H and O–H groups in total. The number of pyridine rings is 1. The first kappa shape index (κ1) is 14.1. The summed E-state index contributed by atoms with van der Waals surface area (Å²) in [6, 6.07) is 6.94. The average Bonchev–Trinajstić information content (AvgIpc) is 3.00. The lowest BCUT2D eigenvalue weighted by molar-refractivity contribution is 0.0725. The van der Waals surface area contributed by atoms with Crippen LogP contribution >= 0.6 is 0 Å². The van der Waals surface area contributed by atoms with Crippen LogP contribution in [0.2, 0.25) is 0 Å². The summed E-state index contributed by atoms with van der Waals surface area (Å²) in [7, 11) is 1.74. The Morgan fingerprint density at radius 3 is 2.80 bits per heavy atom. The molecule has 0 aliphatic heterocycles. The van der Waals surface area contributed by atoms with E-state index in [9.17, 15) is 4.79 Å². The highest BCUT2D eigenvalue weighted by Gasteiger charge is 2.20. The van der Waals surface area contributed by atoms with Crippen molar-refractivity contribution in [2.75, 3.05) is 13.7 Å². The largest absolute Gasteiger partial charge is 0.478 e. The van der Waals surface area contributed by atoms with Crippen LogP contribution in [-0.4, -0.2) is 29.4 Å². The van der Waals surface area contributed by atoms with E-state index in [0.29, 0.717) is 18.1 Å². The lowest BCUT2D eigenvalue weighted by Crippen LogP contribution is -2.29. The van der Waals surface area contributed by atoms with E-state index in [2.05, 4.69) is 4.98 Å². The number of rotatable bonds is 5. The smallest absolute Gasteiger partial charge is 0.255 e. The van der Waals surface area contributed by atoms with Crippen LogP contribution in [0.25, 0.3) is 0 Å². The average molecular weight is 274 g/mol. The third-order valence-corrected chi connectivity index (χ3v) is 3.13. The third kappa shape index (κ3) is 2.99. The molecule has 0 saturated carbocycles. The number of nitrogens with zero attached hydrogens (tertiary/aromatic N) is 2. The van der Waals surface area contributed by atoms with E-state index >= 15 is 0 Å². The molecule has 2 aromatic heterocycles. The minimum absolute atomic E-state index is 0.107. The van der Waals surface area contributed by atoms with Gasteiger partial charge in [0, 0.05) is 19.3 Å².